The second-order valence-electron chi connectivity index (χ2n) is 2.86. The first-order valence-electron chi connectivity index (χ1n) is 4.40. The van der Waals surface area contributed by atoms with E-state index in [2.05, 4.69) is 42.4 Å². The van der Waals surface area contributed by atoms with E-state index in [-0.39, 0.29) is 5.71 Å². The third-order valence-electron chi connectivity index (χ3n) is 1.82. The zero-order valence-electron chi connectivity index (χ0n) is 8.96. The molecule has 1 rings (SSSR count). The fourth-order valence-corrected chi connectivity index (χ4v) is 3.07. The standard InChI is InChI=1S/C10H5Br2ClN4O/c1-18-10-6(11)2-7(13)9(8(10)12)17-16-5(3-14)4-15/h2,17H,1H3. The van der Waals surface area contributed by atoms with Gasteiger partial charge in [0.1, 0.15) is 17.9 Å². The fraction of sp³-hybridized carbons (Fsp3) is 0.100. The van der Waals surface area contributed by atoms with Crippen molar-refractivity contribution >= 4 is 54.9 Å². The number of nitrogens with zero attached hydrogens (tertiary/aromatic N) is 3. The van der Waals surface area contributed by atoms with Gasteiger partial charge < -0.3 is 4.74 Å². The van der Waals surface area contributed by atoms with Crippen LogP contribution in [-0.2, 0) is 0 Å². The average Bonchev–Trinajstić information content (AvgIpc) is 2.34. The number of hydrazone groups is 1. The quantitative estimate of drug-likeness (QED) is 0.628. The molecule has 0 amide bonds. The Hall–Kier alpha value is -1.28. The molecule has 0 saturated carbocycles. The molecule has 8 heteroatoms. The number of halogens is 3. The van der Waals surface area contributed by atoms with Crippen LogP contribution in [0.15, 0.2) is 20.1 Å². The van der Waals surface area contributed by atoms with Crippen molar-refractivity contribution in [2.24, 2.45) is 5.10 Å². The highest BCUT2D eigenvalue weighted by Crippen LogP contribution is 2.43. The molecule has 0 heterocycles. The Morgan fingerprint density at radius 1 is 1.44 bits per heavy atom. The summed E-state index contributed by atoms with van der Waals surface area (Å²) in [7, 11) is 1.50. The summed E-state index contributed by atoms with van der Waals surface area (Å²) in [4.78, 5) is 0. The number of benzene rings is 1. The zero-order valence-corrected chi connectivity index (χ0v) is 12.9. The molecule has 0 aliphatic rings. The monoisotopic (exact) mass is 390 g/mol. The summed E-state index contributed by atoms with van der Waals surface area (Å²) >= 11 is 12.6. The van der Waals surface area contributed by atoms with Crippen molar-refractivity contribution in [3.8, 4) is 17.9 Å². The number of methoxy groups -OCH3 is 1. The maximum Gasteiger partial charge on any atom is 0.237 e. The molecular formula is C10H5Br2ClN4O. The number of hydrogen-bond acceptors (Lipinski definition) is 5. The van der Waals surface area contributed by atoms with E-state index in [4.69, 9.17) is 26.9 Å². The van der Waals surface area contributed by atoms with Crippen LogP contribution in [-0.4, -0.2) is 12.8 Å². The van der Waals surface area contributed by atoms with Crippen LogP contribution in [0.25, 0.3) is 0 Å². The minimum Gasteiger partial charge on any atom is -0.494 e. The first-order chi connectivity index (χ1) is 8.54. The first-order valence-corrected chi connectivity index (χ1v) is 6.37. The molecule has 92 valence electrons. The van der Waals surface area contributed by atoms with E-state index in [1.54, 1.807) is 18.2 Å². The molecule has 0 saturated heterocycles. The second-order valence-corrected chi connectivity index (χ2v) is 4.91. The average molecular weight is 392 g/mol. The Balaban J connectivity index is 3.23. The van der Waals surface area contributed by atoms with Crippen LogP contribution in [0.5, 0.6) is 5.75 Å². The van der Waals surface area contributed by atoms with Crippen molar-refractivity contribution in [2.45, 2.75) is 0 Å². The molecule has 5 nitrogen and oxygen atoms in total. The van der Waals surface area contributed by atoms with Gasteiger partial charge in [-0.05, 0) is 37.9 Å². The molecule has 0 aliphatic heterocycles. The van der Waals surface area contributed by atoms with Crippen LogP contribution in [0.1, 0.15) is 0 Å². The van der Waals surface area contributed by atoms with E-state index in [0.29, 0.717) is 25.4 Å². The normalized spacial score (nSPS) is 9.00. The number of hydrogen-bond donors (Lipinski definition) is 1. The van der Waals surface area contributed by atoms with E-state index in [9.17, 15) is 0 Å². The zero-order chi connectivity index (χ0) is 13.7. The highest BCUT2D eigenvalue weighted by molar-refractivity contribution is 9.11. The second kappa shape index (κ2) is 6.60. The SMILES string of the molecule is COc1c(Br)cc(Cl)c(NN=C(C#N)C#N)c1Br. The van der Waals surface area contributed by atoms with E-state index in [1.165, 1.54) is 7.11 Å². The maximum absolute atomic E-state index is 8.57. The highest BCUT2D eigenvalue weighted by atomic mass is 79.9. The van der Waals surface area contributed by atoms with Crippen LogP contribution in [0.4, 0.5) is 5.69 Å². The summed E-state index contributed by atoms with van der Waals surface area (Å²) in [6, 6.07) is 4.87. The van der Waals surface area contributed by atoms with Gasteiger partial charge in [0.05, 0.1) is 26.8 Å². The molecule has 1 N–H and O–H groups in total. The van der Waals surface area contributed by atoms with Crippen LogP contribution in [0.2, 0.25) is 5.02 Å². The van der Waals surface area contributed by atoms with Crippen molar-refractivity contribution in [3.05, 3.63) is 20.0 Å². The lowest BCUT2D eigenvalue weighted by molar-refractivity contribution is 0.409. The summed E-state index contributed by atoms with van der Waals surface area (Å²) in [5.74, 6) is 0.521. The van der Waals surface area contributed by atoms with Crippen LogP contribution in [0.3, 0.4) is 0 Å². The van der Waals surface area contributed by atoms with Gasteiger partial charge in [0.25, 0.3) is 0 Å². The summed E-state index contributed by atoms with van der Waals surface area (Å²) in [6.07, 6.45) is 0. The first kappa shape index (κ1) is 14.8. The molecule has 0 spiro atoms. The molecule has 0 atom stereocenters. The molecule has 0 bridgehead atoms. The van der Waals surface area contributed by atoms with Crippen molar-refractivity contribution in [3.63, 3.8) is 0 Å². The van der Waals surface area contributed by atoms with Crippen LogP contribution in [0, 0.1) is 22.7 Å². The predicted molar refractivity (Wildman–Crippen MR) is 75.7 cm³/mol. The Kier molecular flexibility index (Phi) is 5.42. The minimum absolute atomic E-state index is 0.306. The van der Waals surface area contributed by atoms with Gasteiger partial charge in [0, 0.05) is 0 Å². The number of rotatable bonds is 3. The Labute approximate surface area is 125 Å². The number of nitrogens with one attached hydrogen (secondary N) is 1. The predicted octanol–water partition coefficient (Wildman–Crippen LogP) is 3.69. The van der Waals surface area contributed by atoms with Gasteiger partial charge in [-0.25, -0.2) is 0 Å². The molecule has 0 radical (unpaired) electrons. The third-order valence-corrected chi connectivity index (χ3v) is 3.47. The van der Waals surface area contributed by atoms with E-state index < -0.39 is 0 Å². The van der Waals surface area contributed by atoms with Gasteiger partial charge in [-0.1, -0.05) is 11.6 Å². The molecular weight excluding hydrogens is 387 g/mol. The lowest BCUT2D eigenvalue weighted by Gasteiger charge is -2.12. The molecule has 1 aromatic rings. The number of anilines is 1. The van der Waals surface area contributed by atoms with Gasteiger partial charge in [-0.3, -0.25) is 5.43 Å². The van der Waals surface area contributed by atoms with Crippen molar-refractivity contribution in [1.29, 1.82) is 10.5 Å². The van der Waals surface area contributed by atoms with Crippen molar-refractivity contribution in [2.75, 3.05) is 12.5 Å². The lowest BCUT2D eigenvalue weighted by atomic mass is 10.3. The minimum atomic E-state index is -0.306. The summed E-state index contributed by atoms with van der Waals surface area (Å²) in [5.41, 5.74) is 2.65. The Bertz CT molecular complexity index is 573. The number of nitriles is 2. The van der Waals surface area contributed by atoms with Crippen LogP contribution >= 0.6 is 43.5 Å². The molecule has 0 unspecified atom stereocenters. The van der Waals surface area contributed by atoms with Gasteiger partial charge in [0.15, 0.2) is 0 Å². The van der Waals surface area contributed by atoms with Gasteiger partial charge in [0.2, 0.25) is 5.71 Å². The van der Waals surface area contributed by atoms with E-state index in [0.717, 1.165) is 0 Å². The van der Waals surface area contributed by atoms with Crippen molar-refractivity contribution < 1.29 is 4.74 Å². The topological polar surface area (TPSA) is 81.2 Å². The molecule has 1 aromatic carbocycles. The van der Waals surface area contributed by atoms with Gasteiger partial charge in [-0.2, -0.15) is 15.6 Å². The number of ether oxygens (including phenoxy) is 1. The smallest absolute Gasteiger partial charge is 0.237 e. The molecule has 18 heavy (non-hydrogen) atoms. The molecule has 0 aromatic heterocycles. The highest BCUT2D eigenvalue weighted by Gasteiger charge is 2.15. The lowest BCUT2D eigenvalue weighted by Crippen LogP contribution is -1.99. The Morgan fingerprint density at radius 2 is 2.06 bits per heavy atom. The largest absolute Gasteiger partial charge is 0.494 e. The summed E-state index contributed by atoms with van der Waals surface area (Å²) < 4.78 is 6.35. The molecule has 0 aliphatic carbocycles. The third kappa shape index (κ3) is 3.14. The van der Waals surface area contributed by atoms with Gasteiger partial charge in [-0.15, -0.1) is 0 Å². The van der Waals surface area contributed by atoms with E-state index in [1.807, 2.05) is 0 Å². The van der Waals surface area contributed by atoms with Crippen molar-refractivity contribution in [1.82, 2.24) is 0 Å². The summed E-state index contributed by atoms with van der Waals surface area (Å²) in [5, 5.41) is 21.1. The van der Waals surface area contributed by atoms with Gasteiger partial charge >= 0.3 is 0 Å². The van der Waals surface area contributed by atoms with E-state index >= 15 is 0 Å². The Morgan fingerprint density at radius 3 is 2.56 bits per heavy atom. The maximum atomic E-state index is 8.57. The molecule has 0 fully saturated rings. The van der Waals surface area contributed by atoms with Crippen LogP contribution < -0.4 is 10.2 Å². The summed E-state index contributed by atoms with van der Waals surface area (Å²) in [6.45, 7) is 0. The fourth-order valence-electron chi connectivity index (χ4n) is 1.05.